The predicted molar refractivity (Wildman–Crippen MR) is 61.7 cm³/mol. The molecule has 1 aliphatic rings. The van der Waals surface area contributed by atoms with E-state index in [1.807, 2.05) is 6.92 Å². The van der Waals surface area contributed by atoms with Crippen LogP contribution in [0.25, 0.3) is 0 Å². The molecule has 0 aromatic heterocycles. The summed E-state index contributed by atoms with van der Waals surface area (Å²) in [4.78, 5) is 10.7. The Morgan fingerprint density at radius 3 is 2.47 bits per heavy atom. The van der Waals surface area contributed by atoms with E-state index >= 15 is 0 Å². The Morgan fingerprint density at radius 2 is 2.07 bits per heavy atom. The van der Waals surface area contributed by atoms with Crippen molar-refractivity contribution in [2.24, 2.45) is 23.2 Å². The number of aliphatic carboxylic acids is 1. The molecule has 1 fully saturated rings. The van der Waals surface area contributed by atoms with Crippen LogP contribution in [0, 0.1) is 23.2 Å². The standard InChI is InChI=1S/C13H24O2/c1-9(12(14)15)5-7-11-8-6-10(2)13(11,3)4/h9-11H,5-8H2,1-4H3,(H,14,15). The van der Waals surface area contributed by atoms with Gasteiger partial charge in [-0.3, -0.25) is 4.79 Å². The maximum atomic E-state index is 10.7. The van der Waals surface area contributed by atoms with Gasteiger partial charge in [-0.2, -0.15) is 0 Å². The number of hydrogen-bond acceptors (Lipinski definition) is 1. The van der Waals surface area contributed by atoms with Gasteiger partial charge in [0.15, 0.2) is 0 Å². The van der Waals surface area contributed by atoms with Crippen LogP contribution in [0.1, 0.15) is 53.4 Å². The number of rotatable bonds is 4. The van der Waals surface area contributed by atoms with Crippen molar-refractivity contribution >= 4 is 5.97 Å². The molecule has 2 heteroatoms. The zero-order valence-corrected chi connectivity index (χ0v) is 10.4. The van der Waals surface area contributed by atoms with Gasteiger partial charge in [-0.05, 0) is 42.9 Å². The first-order valence-corrected chi connectivity index (χ1v) is 6.08. The van der Waals surface area contributed by atoms with Gasteiger partial charge in [0, 0.05) is 0 Å². The molecule has 0 aromatic carbocycles. The molecule has 0 heterocycles. The zero-order valence-electron chi connectivity index (χ0n) is 10.4. The summed E-state index contributed by atoms with van der Waals surface area (Å²) < 4.78 is 0. The highest BCUT2D eigenvalue weighted by atomic mass is 16.4. The lowest BCUT2D eigenvalue weighted by atomic mass is 9.74. The summed E-state index contributed by atoms with van der Waals surface area (Å²) in [7, 11) is 0. The lowest BCUT2D eigenvalue weighted by Crippen LogP contribution is -2.24. The molecule has 1 saturated carbocycles. The summed E-state index contributed by atoms with van der Waals surface area (Å²) >= 11 is 0. The molecule has 0 radical (unpaired) electrons. The molecule has 1 aliphatic carbocycles. The van der Waals surface area contributed by atoms with E-state index in [-0.39, 0.29) is 5.92 Å². The van der Waals surface area contributed by atoms with E-state index in [2.05, 4.69) is 20.8 Å². The smallest absolute Gasteiger partial charge is 0.306 e. The first-order valence-electron chi connectivity index (χ1n) is 6.08. The van der Waals surface area contributed by atoms with Crippen LogP contribution in [0.3, 0.4) is 0 Å². The quantitative estimate of drug-likeness (QED) is 0.773. The maximum absolute atomic E-state index is 10.7. The Balaban J connectivity index is 2.43. The summed E-state index contributed by atoms with van der Waals surface area (Å²) in [5.74, 6) is 0.660. The SMILES string of the molecule is CC(CCC1CCC(C)C1(C)C)C(=O)O. The molecule has 0 bridgehead atoms. The van der Waals surface area contributed by atoms with E-state index in [0.29, 0.717) is 11.3 Å². The molecule has 1 rings (SSSR count). The maximum Gasteiger partial charge on any atom is 0.306 e. The number of hydrogen-bond donors (Lipinski definition) is 1. The van der Waals surface area contributed by atoms with E-state index < -0.39 is 5.97 Å². The molecule has 88 valence electrons. The van der Waals surface area contributed by atoms with Crippen LogP contribution in [-0.4, -0.2) is 11.1 Å². The van der Waals surface area contributed by atoms with Crippen molar-refractivity contribution in [2.75, 3.05) is 0 Å². The van der Waals surface area contributed by atoms with E-state index in [4.69, 9.17) is 5.11 Å². The van der Waals surface area contributed by atoms with Gasteiger partial charge in [0.2, 0.25) is 0 Å². The third kappa shape index (κ3) is 2.73. The Bertz CT molecular complexity index is 233. The van der Waals surface area contributed by atoms with E-state index in [1.165, 1.54) is 12.8 Å². The molecule has 3 unspecified atom stereocenters. The minimum absolute atomic E-state index is 0.184. The average Bonchev–Trinajstić information content (AvgIpc) is 2.39. The minimum atomic E-state index is -0.654. The Morgan fingerprint density at radius 1 is 1.47 bits per heavy atom. The number of carboxylic acid groups (broad SMARTS) is 1. The number of carbonyl (C=O) groups is 1. The molecule has 2 nitrogen and oxygen atoms in total. The Hall–Kier alpha value is -0.530. The van der Waals surface area contributed by atoms with Gasteiger partial charge in [0.1, 0.15) is 0 Å². The van der Waals surface area contributed by atoms with Gasteiger partial charge in [0.05, 0.1) is 5.92 Å². The van der Waals surface area contributed by atoms with Crippen LogP contribution in [0.2, 0.25) is 0 Å². The molecule has 1 N–H and O–H groups in total. The Labute approximate surface area is 93.1 Å². The monoisotopic (exact) mass is 212 g/mol. The van der Waals surface area contributed by atoms with Crippen molar-refractivity contribution in [3.8, 4) is 0 Å². The molecular formula is C13H24O2. The van der Waals surface area contributed by atoms with Crippen molar-refractivity contribution in [3.05, 3.63) is 0 Å². The normalized spacial score (nSPS) is 31.5. The third-order valence-electron chi connectivity index (χ3n) is 4.64. The topological polar surface area (TPSA) is 37.3 Å². The fraction of sp³-hybridized carbons (Fsp3) is 0.923. The first kappa shape index (κ1) is 12.5. The lowest BCUT2D eigenvalue weighted by molar-refractivity contribution is -0.141. The molecule has 0 spiro atoms. The molecule has 0 aliphatic heterocycles. The fourth-order valence-corrected chi connectivity index (χ4v) is 2.69. The second-order valence-corrected chi connectivity index (χ2v) is 5.81. The van der Waals surface area contributed by atoms with Crippen LogP contribution in [0.15, 0.2) is 0 Å². The summed E-state index contributed by atoms with van der Waals surface area (Å²) in [5.41, 5.74) is 0.401. The molecule has 3 atom stereocenters. The van der Waals surface area contributed by atoms with Crippen LogP contribution >= 0.6 is 0 Å². The molecular weight excluding hydrogens is 188 g/mol. The van der Waals surface area contributed by atoms with Crippen molar-refractivity contribution in [1.29, 1.82) is 0 Å². The van der Waals surface area contributed by atoms with Gasteiger partial charge in [-0.15, -0.1) is 0 Å². The highest BCUT2D eigenvalue weighted by Crippen LogP contribution is 2.49. The van der Waals surface area contributed by atoms with Gasteiger partial charge in [-0.25, -0.2) is 0 Å². The van der Waals surface area contributed by atoms with Crippen molar-refractivity contribution in [2.45, 2.75) is 53.4 Å². The molecule has 0 aromatic rings. The van der Waals surface area contributed by atoms with Gasteiger partial charge >= 0.3 is 5.97 Å². The highest BCUT2D eigenvalue weighted by Gasteiger charge is 2.39. The molecule has 0 amide bonds. The largest absolute Gasteiger partial charge is 0.481 e. The number of carboxylic acids is 1. The van der Waals surface area contributed by atoms with Gasteiger partial charge in [-0.1, -0.05) is 27.7 Å². The van der Waals surface area contributed by atoms with E-state index in [0.717, 1.165) is 18.8 Å². The van der Waals surface area contributed by atoms with Crippen molar-refractivity contribution in [3.63, 3.8) is 0 Å². The summed E-state index contributed by atoms with van der Waals surface area (Å²) in [6.07, 6.45) is 4.49. The minimum Gasteiger partial charge on any atom is -0.481 e. The van der Waals surface area contributed by atoms with Crippen LogP contribution < -0.4 is 0 Å². The summed E-state index contributed by atoms with van der Waals surface area (Å²) in [6.45, 7) is 8.80. The van der Waals surface area contributed by atoms with Gasteiger partial charge < -0.3 is 5.11 Å². The van der Waals surface area contributed by atoms with E-state index in [9.17, 15) is 4.79 Å². The van der Waals surface area contributed by atoms with Crippen LogP contribution in [-0.2, 0) is 4.79 Å². The Kier molecular flexibility index (Phi) is 3.80. The average molecular weight is 212 g/mol. The molecule has 0 saturated heterocycles. The lowest BCUT2D eigenvalue weighted by Gasteiger charge is -2.31. The fourth-order valence-electron chi connectivity index (χ4n) is 2.69. The van der Waals surface area contributed by atoms with E-state index in [1.54, 1.807) is 0 Å². The first-order chi connectivity index (χ1) is 6.85. The summed E-state index contributed by atoms with van der Waals surface area (Å²) in [5, 5.41) is 8.84. The second-order valence-electron chi connectivity index (χ2n) is 5.81. The summed E-state index contributed by atoms with van der Waals surface area (Å²) in [6, 6.07) is 0. The van der Waals surface area contributed by atoms with Crippen molar-refractivity contribution in [1.82, 2.24) is 0 Å². The highest BCUT2D eigenvalue weighted by molar-refractivity contribution is 5.69. The zero-order chi connectivity index (χ0) is 11.6. The van der Waals surface area contributed by atoms with Gasteiger partial charge in [0.25, 0.3) is 0 Å². The predicted octanol–water partition coefficient (Wildman–Crippen LogP) is 3.56. The van der Waals surface area contributed by atoms with Crippen LogP contribution in [0.5, 0.6) is 0 Å². The van der Waals surface area contributed by atoms with Crippen molar-refractivity contribution < 1.29 is 9.90 Å². The second kappa shape index (κ2) is 4.54. The van der Waals surface area contributed by atoms with Crippen LogP contribution in [0.4, 0.5) is 0 Å². The molecule has 15 heavy (non-hydrogen) atoms. The third-order valence-corrected chi connectivity index (χ3v) is 4.64.